The summed E-state index contributed by atoms with van der Waals surface area (Å²) in [6.07, 6.45) is -1.32. The van der Waals surface area contributed by atoms with E-state index in [1.165, 1.54) is 0 Å². The quantitative estimate of drug-likeness (QED) is 0.846. The van der Waals surface area contributed by atoms with Crippen LogP contribution in [0.15, 0.2) is 54.6 Å². The fourth-order valence-electron chi connectivity index (χ4n) is 1.81. The van der Waals surface area contributed by atoms with Crippen LogP contribution in [0.5, 0.6) is 5.75 Å². The molecule has 4 nitrogen and oxygen atoms in total. The molecule has 0 aromatic heterocycles. The van der Waals surface area contributed by atoms with E-state index < -0.39 is 12.1 Å². The number of carboxylic acid groups (broad SMARTS) is 1. The third-order valence-corrected chi connectivity index (χ3v) is 2.86. The highest BCUT2D eigenvalue weighted by atomic mass is 16.5. The van der Waals surface area contributed by atoms with Crippen molar-refractivity contribution >= 4 is 5.97 Å². The van der Waals surface area contributed by atoms with Gasteiger partial charge in [0.25, 0.3) is 0 Å². The number of rotatable bonds is 6. The second-order valence-electron chi connectivity index (χ2n) is 4.48. The molecule has 0 saturated heterocycles. The van der Waals surface area contributed by atoms with E-state index in [1.807, 2.05) is 30.3 Å². The van der Waals surface area contributed by atoms with Gasteiger partial charge in [-0.3, -0.25) is 0 Å². The number of ether oxygens (including phenoxy) is 1. The van der Waals surface area contributed by atoms with Crippen molar-refractivity contribution in [2.75, 3.05) is 0 Å². The summed E-state index contributed by atoms with van der Waals surface area (Å²) < 4.78 is 5.65. The van der Waals surface area contributed by atoms with Crippen LogP contribution in [0.4, 0.5) is 0 Å². The number of hydrogen-bond acceptors (Lipinski definition) is 3. The second kappa shape index (κ2) is 6.73. The maximum absolute atomic E-state index is 10.6. The number of carboxylic acids is 1. The molecule has 0 fully saturated rings. The lowest BCUT2D eigenvalue weighted by Crippen LogP contribution is -2.21. The van der Waals surface area contributed by atoms with Gasteiger partial charge in [0.15, 0.2) is 6.10 Å². The van der Waals surface area contributed by atoms with Gasteiger partial charge in [-0.1, -0.05) is 42.5 Å². The number of aliphatic hydroxyl groups excluding tert-OH is 1. The summed E-state index contributed by atoms with van der Waals surface area (Å²) in [5.74, 6) is -0.565. The first kappa shape index (κ1) is 14.1. The Balaban J connectivity index is 1.97. The summed E-state index contributed by atoms with van der Waals surface area (Å²) in [7, 11) is 0. The minimum absolute atomic E-state index is 0.0673. The van der Waals surface area contributed by atoms with E-state index in [-0.39, 0.29) is 6.42 Å². The van der Waals surface area contributed by atoms with E-state index >= 15 is 0 Å². The largest absolute Gasteiger partial charge is 0.489 e. The fourth-order valence-corrected chi connectivity index (χ4v) is 1.81. The summed E-state index contributed by atoms with van der Waals surface area (Å²) in [4.78, 5) is 10.6. The van der Waals surface area contributed by atoms with Crippen LogP contribution in [-0.2, 0) is 17.8 Å². The van der Waals surface area contributed by atoms with Crippen molar-refractivity contribution < 1.29 is 19.7 Å². The molecular weight excluding hydrogens is 256 g/mol. The van der Waals surface area contributed by atoms with E-state index in [1.54, 1.807) is 24.3 Å². The summed E-state index contributed by atoms with van der Waals surface area (Å²) in [5, 5.41) is 18.0. The molecule has 2 N–H and O–H groups in total. The molecule has 0 spiro atoms. The monoisotopic (exact) mass is 272 g/mol. The summed E-state index contributed by atoms with van der Waals surface area (Å²) in [5.41, 5.74) is 1.79. The smallest absolute Gasteiger partial charge is 0.332 e. The molecule has 2 aromatic carbocycles. The van der Waals surface area contributed by atoms with Gasteiger partial charge in [0.1, 0.15) is 12.4 Å². The molecule has 2 aromatic rings. The van der Waals surface area contributed by atoms with Gasteiger partial charge >= 0.3 is 5.97 Å². The lowest BCUT2D eigenvalue weighted by molar-refractivity contribution is -0.146. The highest BCUT2D eigenvalue weighted by Gasteiger charge is 2.13. The van der Waals surface area contributed by atoms with Crippen molar-refractivity contribution in [2.45, 2.75) is 19.1 Å². The van der Waals surface area contributed by atoms with Crippen molar-refractivity contribution in [3.05, 3.63) is 65.7 Å². The first-order valence-electron chi connectivity index (χ1n) is 6.31. The highest BCUT2D eigenvalue weighted by molar-refractivity contribution is 5.72. The van der Waals surface area contributed by atoms with Gasteiger partial charge in [0.2, 0.25) is 0 Å². The van der Waals surface area contributed by atoms with Gasteiger partial charge in [0, 0.05) is 6.42 Å². The molecule has 0 radical (unpaired) electrons. The van der Waals surface area contributed by atoms with Crippen LogP contribution in [0, 0.1) is 0 Å². The molecule has 104 valence electrons. The number of carbonyl (C=O) groups is 1. The van der Waals surface area contributed by atoms with Gasteiger partial charge in [-0.2, -0.15) is 0 Å². The molecule has 0 bridgehead atoms. The van der Waals surface area contributed by atoms with Crippen LogP contribution < -0.4 is 4.74 Å². The minimum Gasteiger partial charge on any atom is -0.489 e. The number of aliphatic carboxylic acids is 1. The van der Waals surface area contributed by atoms with Crippen molar-refractivity contribution in [3.8, 4) is 5.75 Å². The Kier molecular flexibility index (Phi) is 4.74. The third-order valence-electron chi connectivity index (χ3n) is 2.86. The normalized spacial score (nSPS) is 11.8. The van der Waals surface area contributed by atoms with Gasteiger partial charge in [0.05, 0.1) is 0 Å². The Morgan fingerprint density at radius 3 is 2.45 bits per heavy atom. The third kappa shape index (κ3) is 4.10. The number of aliphatic hydroxyl groups is 1. The standard InChI is InChI=1S/C16H16O4/c17-15(16(18)19)10-13-7-4-8-14(9-13)20-11-12-5-2-1-3-6-12/h1-9,15,17H,10-11H2,(H,18,19). The van der Waals surface area contributed by atoms with Crippen LogP contribution in [-0.4, -0.2) is 22.3 Å². The molecule has 0 aliphatic heterocycles. The van der Waals surface area contributed by atoms with Crippen molar-refractivity contribution in [1.29, 1.82) is 0 Å². The average molecular weight is 272 g/mol. The number of benzene rings is 2. The van der Waals surface area contributed by atoms with Gasteiger partial charge in [-0.15, -0.1) is 0 Å². The maximum atomic E-state index is 10.6. The zero-order chi connectivity index (χ0) is 14.4. The second-order valence-corrected chi connectivity index (χ2v) is 4.48. The fraction of sp³-hybridized carbons (Fsp3) is 0.188. The maximum Gasteiger partial charge on any atom is 0.332 e. The lowest BCUT2D eigenvalue weighted by atomic mass is 10.1. The molecule has 20 heavy (non-hydrogen) atoms. The van der Waals surface area contributed by atoms with Crippen LogP contribution in [0.25, 0.3) is 0 Å². The van der Waals surface area contributed by atoms with E-state index in [0.717, 1.165) is 11.1 Å². The van der Waals surface area contributed by atoms with Crippen LogP contribution in [0.1, 0.15) is 11.1 Å². The van der Waals surface area contributed by atoms with E-state index in [4.69, 9.17) is 9.84 Å². The van der Waals surface area contributed by atoms with Gasteiger partial charge < -0.3 is 14.9 Å². The molecular formula is C16H16O4. The molecule has 0 amide bonds. The molecule has 1 atom stereocenters. The predicted molar refractivity (Wildman–Crippen MR) is 74.6 cm³/mol. The first-order chi connectivity index (χ1) is 9.65. The first-order valence-corrected chi connectivity index (χ1v) is 6.31. The van der Waals surface area contributed by atoms with E-state index in [0.29, 0.717) is 12.4 Å². The average Bonchev–Trinajstić information content (AvgIpc) is 2.46. The van der Waals surface area contributed by atoms with Crippen LogP contribution in [0.3, 0.4) is 0 Å². The van der Waals surface area contributed by atoms with Gasteiger partial charge in [-0.25, -0.2) is 4.79 Å². The van der Waals surface area contributed by atoms with Crippen molar-refractivity contribution in [1.82, 2.24) is 0 Å². The zero-order valence-electron chi connectivity index (χ0n) is 10.9. The minimum atomic E-state index is -1.39. The Hall–Kier alpha value is -2.33. The van der Waals surface area contributed by atoms with Crippen molar-refractivity contribution in [3.63, 3.8) is 0 Å². The molecule has 1 unspecified atom stereocenters. The summed E-state index contributed by atoms with van der Waals surface area (Å²) >= 11 is 0. The molecule has 4 heteroatoms. The molecule has 0 saturated carbocycles. The molecule has 0 aliphatic rings. The van der Waals surface area contributed by atoms with Crippen molar-refractivity contribution in [2.24, 2.45) is 0 Å². The van der Waals surface area contributed by atoms with Gasteiger partial charge in [-0.05, 0) is 23.3 Å². The molecule has 0 aliphatic carbocycles. The molecule has 0 heterocycles. The van der Waals surface area contributed by atoms with E-state index in [2.05, 4.69) is 0 Å². The highest BCUT2D eigenvalue weighted by Crippen LogP contribution is 2.16. The van der Waals surface area contributed by atoms with Crippen LogP contribution in [0.2, 0.25) is 0 Å². The SMILES string of the molecule is O=C(O)C(O)Cc1cccc(OCc2ccccc2)c1. The Labute approximate surface area is 117 Å². The Bertz CT molecular complexity index is 566. The van der Waals surface area contributed by atoms with Crippen LogP contribution >= 0.6 is 0 Å². The lowest BCUT2D eigenvalue weighted by Gasteiger charge is -2.09. The summed E-state index contributed by atoms with van der Waals surface area (Å²) in [6, 6.07) is 16.9. The predicted octanol–water partition coefficient (Wildman–Crippen LogP) is 2.25. The topological polar surface area (TPSA) is 66.8 Å². The Morgan fingerprint density at radius 2 is 1.75 bits per heavy atom. The zero-order valence-corrected chi connectivity index (χ0v) is 10.9. The number of hydrogen-bond donors (Lipinski definition) is 2. The molecule has 2 rings (SSSR count). The Morgan fingerprint density at radius 1 is 1.05 bits per heavy atom. The van der Waals surface area contributed by atoms with E-state index in [9.17, 15) is 9.90 Å². The summed E-state index contributed by atoms with van der Waals surface area (Å²) in [6.45, 7) is 0.450.